The minimum Gasteiger partial charge on any atom is -0.497 e. The van der Waals surface area contributed by atoms with E-state index in [1.54, 1.807) is 44.6 Å². The normalized spacial score (nSPS) is 10.5. The van der Waals surface area contributed by atoms with Gasteiger partial charge in [0.2, 0.25) is 11.8 Å². The first kappa shape index (κ1) is 21.4. The van der Waals surface area contributed by atoms with Crippen LogP contribution in [0.5, 0.6) is 5.75 Å². The summed E-state index contributed by atoms with van der Waals surface area (Å²) in [4.78, 5) is 30.1. The number of amides is 2. The van der Waals surface area contributed by atoms with E-state index >= 15 is 0 Å². The number of hydrogen-bond acceptors (Lipinski definition) is 5. The first-order valence-electron chi connectivity index (χ1n) is 9.33. The van der Waals surface area contributed by atoms with Crippen LogP contribution >= 0.6 is 11.6 Å². The van der Waals surface area contributed by atoms with E-state index in [1.807, 2.05) is 24.3 Å². The zero-order chi connectivity index (χ0) is 21.5. The SMILES string of the molecule is COc1ccc(-c2cnc(CCC(=O)N(C)CC(=O)Nc3cccc(Cl)c3)o2)cc1. The lowest BCUT2D eigenvalue weighted by Gasteiger charge is -2.16. The van der Waals surface area contributed by atoms with Gasteiger partial charge in [0.15, 0.2) is 11.7 Å². The number of rotatable bonds is 8. The third-order valence-electron chi connectivity index (χ3n) is 4.40. The Morgan fingerprint density at radius 2 is 1.97 bits per heavy atom. The predicted molar refractivity (Wildman–Crippen MR) is 115 cm³/mol. The van der Waals surface area contributed by atoms with Crippen molar-refractivity contribution in [3.63, 3.8) is 0 Å². The van der Waals surface area contributed by atoms with Crippen molar-refractivity contribution in [1.29, 1.82) is 0 Å². The van der Waals surface area contributed by atoms with Crippen molar-refractivity contribution in [3.8, 4) is 17.1 Å². The average molecular weight is 428 g/mol. The summed E-state index contributed by atoms with van der Waals surface area (Å²) in [6.45, 7) is -0.0615. The third-order valence-corrected chi connectivity index (χ3v) is 4.63. The van der Waals surface area contributed by atoms with Crippen LogP contribution in [-0.4, -0.2) is 42.4 Å². The molecule has 2 aromatic carbocycles. The molecule has 0 atom stereocenters. The topological polar surface area (TPSA) is 84.7 Å². The summed E-state index contributed by atoms with van der Waals surface area (Å²) < 4.78 is 10.9. The Morgan fingerprint density at radius 3 is 2.67 bits per heavy atom. The van der Waals surface area contributed by atoms with E-state index in [0.717, 1.165) is 11.3 Å². The smallest absolute Gasteiger partial charge is 0.243 e. The summed E-state index contributed by atoms with van der Waals surface area (Å²) in [5, 5.41) is 3.24. The quantitative estimate of drug-likeness (QED) is 0.586. The van der Waals surface area contributed by atoms with Gasteiger partial charge in [-0.2, -0.15) is 0 Å². The molecule has 30 heavy (non-hydrogen) atoms. The Kier molecular flexibility index (Phi) is 7.08. The number of likely N-dealkylation sites (N-methyl/N-ethyl adjacent to an activating group) is 1. The Labute approximate surface area is 179 Å². The maximum absolute atomic E-state index is 12.3. The second-order valence-electron chi connectivity index (χ2n) is 6.66. The Hall–Kier alpha value is -3.32. The number of benzene rings is 2. The lowest BCUT2D eigenvalue weighted by molar-refractivity contribution is -0.133. The van der Waals surface area contributed by atoms with Gasteiger partial charge in [0, 0.05) is 36.2 Å². The molecule has 0 bridgehead atoms. The van der Waals surface area contributed by atoms with E-state index in [9.17, 15) is 9.59 Å². The molecule has 1 aromatic heterocycles. The van der Waals surface area contributed by atoms with Gasteiger partial charge in [-0.05, 0) is 42.5 Å². The van der Waals surface area contributed by atoms with E-state index in [0.29, 0.717) is 28.8 Å². The van der Waals surface area contributed by atoms with E-state index < -0.39 is 0 Å². The number of carbonyl (C=O) groups excluding carboxylic acids is 2. The average Bonchev–Trinajstić information content (AvgIpc) is 3.21. The maximum atomic E-state index is 12.3. The Bertz CT molecular complexity index is 1020. The molecule has 0 saturated heterocycles. The summed E-state index contributed by atoms with van der Waals surface area (Å²) in [6.07, 6.45) is 2.16. The fourth-order valence-electron chi connectivity index (χ4n) is 2.79. The summed E-state index contributed by atoms with van der Waals surface area (Å²) in [6, 6.07) is 14.3. The van der Waals surface area contributed by atoms with Crippen molar-refractivity contribution in [2.75, 3.05) is 26.0 Å². The lowest BCUT2D eigenvalue weighted by Crippen LogP contribution is -2.35. The van der Waals surface area contributed by atoms with Gasteiger partial charge in [0.25, 0.3) is 0 Å². The molecule has 7 nitrogen and oxygen atoms in total. The standard InChI is InChI=1S/C22H22ClN3O4/c1-26(14-20(27)25-17-5-3-4-16(23)12-17)22(28)11-10-21-24-13-19(30-21)15-6-8-18(29-2)9-7-15/h3-9,12-13H,10-11,14H2,1-2H3,(H,25,27). The van der Waals surface area contributed by atoms with Crippen molar-refractivity contribution < 1.29 is 18.7 Å². The monoisotopic (exact) mass is 427 g/mol. The molecule has 8 heteroatoms. The highest BCUT2D eigenvalue weighted by molar-refractivity contribution is 6.30. The number of hydrogen-bond donors (Lipinski definition) is 1. The molecule has 0 spiro atoms. The van der Waals surface area contributed by atoms with Crippen LogP contribution < -0.4 is 10.1 Å². The summed E-state index contributed by atoms with van der Waals surface area (Å²) in [5.74, 6) is 1.36. The molecule has 0 radical (unpaired) electrons. The van der Waals surface area contributed by atoms with Crippen LogP contribution in [0.15, 0.2) is 59.1 Å². The van der Waals surface area contributed by atoms with Crippen molar-refractivity contribution in [2.24, 2.45) is 0 Å². The Morgan fingerprint density at radius 1 is 1.20 bits per heavy atom. The molecular weight excluding hydrogens is 406 g/mol. The first-order valence-corrected chi connectivity index (χ1v) is 9.71. The fourth-order valence-corrected chi connectivity index (χ4v) is 2.98. The highest BCUT2D eigenvalue weighted by atomic mass is 35.5. The van der Waals surface area contributed by atoms with Crippen LogP contribution in [0.3, 0.4) is 0 Å². The maximum Gasteiger partial charge on any atom is 0.243 e. The van der Waals surface area contributed by atoms with Gasteiger partial charge in [-0.3, -0.25) is 9.59 Å². The highest BCUT2D eigenvalue weighted by Gasteiger charge is 2.15. The van der Waals surface area contributed by atoms with Crippen LogP contribution in [0.4, 0.5) is 5.69 Å². The molecule has 3 rings (SSSR count). The van der Waals surface area contributed by atoms with Gasteiger partial charge in [-0.15, -0.1) is 0 Å². The van der Waals surface area contributed by atoms with Crippen LogP contribution in [-0.2, 0) is 16.0 Å². The van der Waals surface area contributed by atoms with Gasteiger partial charge in [-0.1, -0.05) is 17.7 Å². The van der Waals surface area contributed by atoms with E-state index in [-0.39, 0.29) is 24.8 Å². The number of ether oxygens (including phenoxy) is 1. The minimum absolute atomic E-state index is 0.0615. The van der Waals surface area contributed by atoms with Gasteiger partial charge in [0.05, 0.1) is 19.9 Å². The number of aromatic nitrogens is 1. The summed E-state index contributed by atoms with van der Waals surface area (Å²) >= 11 is 5.90. The largest absolute Gasteiger partial charge is 0.497 e. The van der Waals surface area contributed by atoms with E-state index in [1.165, 1.54) is 4.90 Å². The van der Waals surface area contributed by atoms with Gasteiger partial charge < -0.3 is 19.4 Å². The number of aryl methyl sites for hydroxylation is 1. The van der Waals surface area contributed by atoms with Gasteiger partial charge in [-0.25, -0.2) is 4.98 Å². The van der Waals surface area contributed by atoms with Gasteiger partial charge in [0.1, 0.15) is 5.75 Å². The summed E-state index contributed by atoms with van der Waals surface area (Å²) in [7, 11) is 3.19. The molecule has 3 aromatic rings. The van der Waals surface area contributed by atoms with Crippen molar-refractivity contribution in [2.45, 2.75) is 12.8 Å². The number of carbonyl (C=O) groups is 2. The number of anilines is 1. The molecule has 1 N–H and O–H groups in total. The number of methoxy groups -OCH3 is 1. The predicted octanol–water partition coefficient (Wildman–Crippen LogP) is 4.03. The molecule has 156 valence electrons. The van der Waals surface area contributed by atoms with Crippen LogP contribution in [0.25, 0.3) is 11.3 Å². The lowest BCUT2D eigenvalue weighted by atomic mass is 10.2. The zero-order valence-corrected chi connectivity index (χ0v) is 17.5. The second kappa shape index (κ2) is 9.93. The second-order valence-corrected chi connectivity index (χ2v) is 7.09. The Balaban J connectivity index is 1.48. The number of oxazole rings is 1. The summed E-state index contributed by atoms with van der Waals surface area (Å²) in [5.41, 5.74) is 1.45. The number of nitrogens with zero attached hydrogens (tertiary/aromatic N) is 2. The molecule has 1 heterocycles. The number of nitrogens with one attached hydrogen (secondary N) is 1. The first-order chi connectivity index (χ1) is 14.4. The van der Waals surface area contributed by atoms with Crippen molar-refractivity contribution in [3.05, 3.63) is 65.6 Å². The van der Waals surface area contributed by atoms with Crippen molar-refractivity contribution in [1.82, 2.24) is 9.88 Å². The zero-order valence-electron chi connectivity index (χ0n) is 16.7. The van der Waals surface area contributed by atoms with Crippen LogP contribution in [0, 0.1) is 0 Å². The number of halogens is 1. The molecule has 0 unspecified atom stereocenters. The molecule has 0 aliphatic carbocycles. The molecule has 0 aliphatic rings. The van der Waals surface area contributed by atoms with Crippen LogP contribution in [0.1, 0.15) is 12.3 Å². The molecule has 2 amide bonds. The molecule has 0 saturated carbocycles. The van der Waals surface area contributed by atoms with Gasteiger partial charge >= 0.3 is 0 Å². The fraction of sp³-hybridized carbons (Fsp3) is 0.227. The molecule has 0 fully saturated rings. The van der Waals surface area contributed by atoms with Crippen molar-refractivity contribution >= 4 is 29.1 Å². The minimum atomic E-state index is -0.300. The molecular formula is C22H22ClN3O4. The van der Waals surface area contributed by atoms with Crippen LogP contribution in [0.2, 0.25) is 5.02 Å². The van der Waals surface area contributed by atoms with E-state index in [4.69, 9.17) is 20.8 Å². The van der Waals surface area contributed by atoms with E-state index in [2.05, 4.69) is 10.3 Å². The third kappa shape index (κ3) is 5.84. The highest BCUT2D eigenvalue weighted by Crippen LogP contribution is 2.23. The molecule has 0 aliphatic heterocycles.